The van der Waals surface area contributed by atoms with Crippen molar-refractivity contribution in [2.75, 3.05) is 33.4 Å². The van der Waals surface area contributed by atoms with E-state index in [0.717, 1.165) is 25.9 Å². The molecular formula is C9H19NO2. The molecule has 1 atom stereocenters. The Morgan fingerprint density at radius 3 is 2.92 bits per heavy atom. The monoisotopic (exact) mass is 173 g/mol. The summed E-state index contributed by atoms with van der Waals surface area (Å²) in [7, 11) is 2.04. The molecular weight excluding hydrogens is 154 g/mol. The second-order valence-electron chi connectivity index (χ2n) is 3.70. The third-order valence-electron chi connectivity index (χ3n) is 2.32. The number of β-amino-alcohol motifs (C(OH)–C–C–N with tert-alkyl or cyclic N) is 1. The molecule has 0 aromatic rings. The first-order valence-electron chi connectivity index (χ1n) is 4.65. The van der Waals surface area contributed by atoms with Crippen molar-refractivity contribution < 1.29 is 9.84 Å². The Morgan fingerprint density at radius 1 is 1.58 bits per heavy atom. The van der Waals surface area contributed by atoms with E-state index in [1.165, 1.54) is 0 Å². The van der Waals surface area contributed by atoms with E-state index in [0.29, 0.717) is 13.2 Å². The van der Waals surface area contributed by atoms with Crippen LogP contribution in [0.4, 0.5) is 0 Å². The molecule has 0 spiro atoms. The zero-order valence-corrected chi connectivity index (χ0v) is 8.05. The van der Waals surface area contributed by atoms with Gasteiger partial charge in [0.2, 0.25) is 0 Å². The summed E-state index contributed by atoms with van der Waals surface area (Å²) in [6.07, 6.45) is 1.94. The molecule has 3 nitrogen and oxygen atoms in total. The number of nitrogens with zero attached hydrogens (tertiary/aromatic N) is 1. The van der Waals surface area contributed by atoms with Crippen molar-refractivity contribution in [3.8, 4) is 0 Å². The minimum atomic E-state index is -0.594. The Morgan fingerprint density at radius 2 is 2.33 bits per heavy atom. The van der Waals surface area contributed by atoms with E-state index in [4.69, 9.17) is 4.74 Å². The smallest absolute Gasteiger partial charge is 0.101 e. The lowest BCUT2D eigenvalue weighted by molar-refractivity contribution is -0.0809. The van der Waals surface area contributed by atoms with Crippen LogP contribution in [-0.4, -0.2) is 49.0 Å². The summed E-state index contributed by atoms with van der Waals surface area (Å²) < 4.78 is 5.25. The summed E-state index contributed by atoms with van der Waals surface area (Å²) in [5.41, 5.74) is -0.594. The van der Waals surface area contributed by atoms with Crippen LogP contribution in [0.25, 0.3) is 0 Å². The van der Waals surface area contributed by atoms with Gasteiger partial charge in [-0.2, -0.15) is 0 Å². The highest BCUT2D eigenvalue weighted by Gasteiger charge is 2.31. The van der Waals surface area contributed by atoms with Gasteiger partial charge in [-0.05, 0) is 33.4 Å². The maximum Gasteiger partial charge on any atom is 0.101 e. The number of ether oxygens (including phenoxy) is 1. The molecule has 1 N–H and O–H groups in total. The van der Waals surface area contributed by atoms with Crippen molar-refractivity contribution in [2.45, 2.75) is 25.4 Å². The Labute approximate surface area is 74.3 Å². The van der Waals surface area contributed by atoms with E-state index in [1.807, 2.05) is 14.0 Å². The van der Waals surface area contributed by atoms with Crippen LogP contribution in [0.2, 0.25) is 0 Å². The molecule has 1 rings (SSSR count). The largest absolute Gasteiger partial charge is 0.386 e. The van der Waals surface area contributed by atoms with Crippen LogP contribution in [0, 0.1) is 0 Å². The standard InChI is InChI=1S/C9H19NO2/c1-3-12-8-9(11)5-4-6-10(2)7-9/h11H,3-8H2,1-2H3. The fraction of sp³-hybridized carbons (Fsp3) is 1.00. The van der Waals surface area contributed by atoms with Crippen LogP contribution in [-0.2, 0) is 4.74 Å². The van der Waals surface area contributed by atoms with E-state index in [1.54, 1.807) is 0 Å². The van der Waals surface area contributed by atoms with E-state index in [-0.39, 0.29) is 0 Å². The average molecular weight is 173 g/mol. The van der Waals surface area contributed by atoms with Gasteiger partial charge in [0.15, 0.2) is 0 Å². The highest BCUT2D eigenvalue weighted by atomic mass is 16.5. The van der Waals surface area contributed by atoms with Gasteiger partial charge in [-0.25, -0.2) is 0 Å². The van der Waals surface area contributed by atoms with Crippen molar-refractivity contribution in [1.82, 2.24) is 4.90 Å². The van der Waals surface area contributed by atoms with Gasteiger partial charge in [-0.3, -0.25) is 0 Å². The molecule has 0 aliphatic carbocycles. The third kappa shape index (κ3) is 2.73. The number of likely N-dealkylation sites (tertiary alicyclic amines) is 1. The molecule has 72 valence electrons. The number of piperidine rings is 1. The Balaban J connectivity index is 2.35. The highest BCUT2D eigenvalue weighted by molar-refractivity contribution is 4.85. The molecule has 0 radical (unpaired) electrons. The van der Waals surface area contributed by atoms with Gasteiger partial charge < -0.3 is 14.7 Å². The fourth-order valence-corrected chi connectivity index (χ4v) is 1.75. The summed E-state index contributed by atoms with van der Waals surface area (Å²) in [6, 6.07) is 0. The number of hydrogen-bond donors (Lipinski definition) is 1. The van der Waals surface area contributed by atoms with E-state index < -0.39 is 5.60 Å². The van der Waals surface area contributed by atoms with Crippen molar-refractivity contribution >= 4 is 0 Å². The molecule has 0 amide bonds. The van der Waals surface area contributed by atoms with Crippen molar-refractivity contribution in [3.63, 3.8) is 0 Å². The zero-order chi connectivity index (χ0) is 9.03. The minimum Gasteiger partial charge on any atom is -0.386 e. The maximum absolute atomic E-state index is 10.0. The molecule has 1 aliphatic heterocycles. The van der Waals surface area contributed by atoms with Crippen molar-refractivity contribution in [2.24, 2.45) is 0 Å². The molecule has 1 unspecified atom stereocenters. The van der Waals surface area contributed by atoms with Gasteiger partial charge in [0, 0.05) is 13.2 Å². The second-order valence-corrected chi connectivity index (χ2v) is 3.70. The third-order valence-corrected chi connectivity index (χ3v) is 2.32. The first kappa shape index (κ1) is 9.96. The minimum absolute atomic E-state index is 0.480. The van der Waals surface area contributed by atoms with Crippen LogP contribution >= 0.6 is 0 Å². The van der Waals surface area contributed by atoms with Crippen LogP contribution in [0.3, 0.4) is 0 Å². The lowest BCUT2D eigenvalue weighted by Gasteiger charge is -2.36. The van der Waals surface area contributed by atoms with Gasteiger partial charge in [0.05, 0.1) is 6.61 Å². The summed E-state index contributed by atoms with van der Waals surface area (Å²) >= 11 is 0. The molecule has 1 aliphatic rings. The Bertz CT molecular complexity index is 140. The molecule has 0 bridgehead atoms. The fourth-order valence-electron chi connectivity index (χ4n) is 1.75. The van der Waals surface area contributed by atoms with Crippen LogP contribution in [0.15, 0.2) is 0 Å². The van der Waals surface area contributed by atoms with Crippen LogP contribution < -0.4 is 0 Å². The lowest BCUT2D eigenvalue weighted by atomic mass is 9.94. The number of hydrogen-bond acceptors (Lipinski definition) is 3. The quantitative estimate of drug-likeness (QED) is 0.674. The first-order valence-corrected chi connectivity index (χ1v) is 4.65. The number of likely N-dealkylation sites (N-methyl/N-ethyl adjacent to an activating group) is 1. The van der Waals surface area contributed by atoms with Crippen LogP contribution in [0.5, 0.6) is 0 Å². The van der Waals surface area contributed by atoms with Crippen molar-refractivity contribution in [3.05, 3.63) is 0 Å². The summed E-state index contributed by atoms with van der Waals surface area (Å²) in [6.45, 7) is 4.96. The van der Waals surface area contributed by atoms with Gasteiger partial charge in [0.1, 0.15) is 5.60 Å². The zero-order valence-electron chi connectivity index (χ0n) is 8.05. The molecule has 1 saturated heterocycles. The molecule has 1 heterocycles. The molecule has 1 fully saturated rings. The first-order chi connectivity index (χ1) is 5.66. The highest BCUT2D eigenvalue weighted by Crippen LogP contribution is 2.20. The molecule has 0 aromatic heterocycles. The predicted octanol–water partition coefficient (Wildman–Crippen LogP) is 0.480. The van der Waals surface area contributed by atoms with Gasteiger partial charge in [-0.15, -0.1) is 0 Å². The van der Waals surface area contributed by atoms with Gasteiger partial charge >= 0.3 is 0 Å². The normalized spacial score (nSPS) is 32.2. The second kappa shape index (κ2) is 4.21. The molecule has 3 heteroatoms. The Hall–Kier alpha value is -0.120. The Kier molecular flexibility index (Phi) is 3.50. The average Bonchev–Trinajstić information content (AvgIpc) is 2.01. The van der Waals surface area contributed by atoms with Crippen LogP contribution in [0.1, 0.15) is 19.8 Å². The van der Waals surface area contributed by atoms with E-state index >= 15 is 0 Å². The van der Waals surface area contributed by atoms with E-state index in [9.17, 15) is 5.11 Å². The number of aliphatic hydroxyl groups is 1. The summed E-state index contributed by atoms with van der Waals surface area (Å²) in [5.74, 6) is 0. The van der Waals surface area contributed by atoms with E-state index in [2.05, 4.69) is 4.90 Å². The van der Waals surface area contributed by atoms with Gasteiger partial charge in [-0.1, -0.05) is 0 Å². The molecule has 0 saturated carbocycles. The van der Waals surface area contributed by atoms with Gasteiger partial charge in [0.25, 0.3) is 0 Å². The summed E-state index contributed by atoms with van der Waals surface area (Å²) in [4.78, 5) is 2.16. The number of rotatable bonds is 3. The topological polar surface area (TPSA) is 32.7 Å². The molecule has 0 aromatic carbocycles. The lowest BCUT2D eigenvalue weighted by Crippen LogP contribution is -2.49. The summed E-state index contributed by atoms with van der Waals surface area (Å²) in [5, 5.41) is 10.0. The van der Waals surface area contributed by atoms with Crippen molar-refractivity contribution in [1.29, 1.82) is 0 Å². The predicted molar refractivity (Wildman–Crippen MR) is 48.2 cm³/mol. The molecule has 12 heavy (non-hydrogen) atoms. The SMILES string of the molecule is CCOCC1(O)CCCN(C)C1. The maximum atomic E-state index is 10.0.